The first kappa shape index (κ1) is 15.8. The molecule has 5 aromatic rings. The van der Waals surface area contributed by atoms with E-state index in [1.807, 2.05) is 55.9 Å². The van der Waals surface area contributed by atoms with Crippen LogP contribution in [-0.4, -0.2) is 0 Å². The fraction of sp³-hybridized carbons (Fsp3) is 0.222. The normalized spacial score (nSPS) is 13.4. The standard InChI is InChI=1S/C27H26NO/c1-17(2)15-19-13-14-28(4)24(16-19)25-18(3)9-11-23-22-12-10-20-7-5-6-8-21(20)26(22)29-27(23)25/h5-14,16-17H,15H2,1-4H3/q+1/i15D2. The summed E-state index contributed by atoms with van der Waals surface area (Å²) in [5.74, 6) is -0.123. The Kier molecular flexibility index (Phi) is 3.66. The molecular formula is C27H26NO+. The van der Waals surface area contributed by atoms with E-state index in [0.717, 1.165) is 49.5 Å². The largest absolute Gasteiger partial charge is 0.454 e. The van der Waals surface area contributed by atoms with Crippen molar-refractivity contribution in [2.24, 2.45) is 13.0 Å². The van der Waals surface area contributed by atoms with Crippen molar-refractivity contribution in [2.75, 3.05) is 0 Å². The van der Waals surface area contributed by atoms with E-state index in [4.69, 9.17) is 7.16 Å². The van der Waals surface area contributed by atoms with E-state index in [-0.39, 0.29) is 5.92 Å². The molecule has 0 saturated heterocycles. The van der Waals surface area contributed by atoms with Gasteiger partial charge in [-0.1, -0.05) is 56.3 Å². The Bertz CT molecular complexity index is 1460. The predicted molar refractivity (Wildman–Crippen MR) is 121 cm³/mol. The van der Waals surface area contributed by atoms with Gasteiger partial charge in [0.25, 0.3) is 0 Å². The lowest BCUT2D eigenvalue weighted by Gasteiger charge is -2.09. The molecule has 0 unspecified atom stereocenters. The molecule has 144 valence electrons. The van der Waals surface area contributed by atoms with Crippen LogP contribution in [0.3, 0.4) is 0 Å². The van der Waals surface area contributed by atoms with Crippen LogP contribution in [0.4, 0.5) is 0 Å². The SMILES string of the molecule is [2H]C([2H])(c1cc[n+](C)c(-c2c(C)ccc3c2oc2c4ccccc4ccc32)c1)C(C)C. The number of benzene rings is 3. The Hall–Kier alpha value is -3.13. The summed E-state index contributed by atoms with van der Waals surface area (Å²) in [6.07, 6.45) is 0.538. The maximum Gasteiger partial charge on any atom is 0.216 e. The maximum absolute atomic E-state index is 8.58. The number of aromatic nitrogens is 1. The molecule has 2 nitrogen and oxygen atoms in total. The minimum absolute atomic E-state index is 0.123. The lowest BCUT2D eigenvalue weighted by molar-refractivity contribution is -0.660. The van der Waals surface area contributed by atoms with Crippen LogP contribution in [-0.2, 0) is 13.4 Å². The molecule has 2 heterocycles. The number of fused-ring (bicyclic) bond motifs is 5. The van der Waals surface area contributed by atoms with E-state index in [1.165, 1.54) is 0 Å². The monoisotopic (exact) mass is 382 g/mol. The van der Waals surface area contributed by atoms with Crippen molar-refractivity contribution in [1.29, 1.82) is 0 Å². The smallest absolute Gasteiger partial charge is 0.216 e. The Balaban J connectivity index is 1.85. The third-order valence-corrected chi connectivity index (χ3v) is 5.60. The number of pyridine rings is 1. The van der Waals surface area contributed by atoms with Crippen LogP contribution < -0.4 is 4.57 Å². The van der Waals surface area contributed by atoms with Gasteiger partial charge in [0.1, 0.15) is 18.2 Å². The highest BCUT2D eigenvalue weighted by molar-refractivity contribution is 6.17. The first-order valence-electron chi connectivity index (χ1n) is 11.1. The lowest BCUT2D eigenvalue weighted by Crippen LogP contribution is -2.31. The van der Waals surface area contributed by atoms with Crippen molar-refractivity contribution in [1.82, 2.24) is 0 Å². The van der Waals surface area contributed by atoms with Crippen LogP contribution in [0.15, 0.2) is 71.3 Å². The van der Waals surface area contributed by atoms with Crippen LogP contribution in [0, 0.1) is 12.8 Å². The van der Waals surface area contributed by atoms with E-state index in [0.29, 0.717) is 5.56 Å². The van der Waals surface area contributed by atoms with Gasteiger partial charge in [-0.05, 0) is 41.8 Å². The molecule has 0 N–H and O–H groups in total. The van der Waals surface area contributed by atoms with Crippen LogP contribution in [0.1, 0.15) is 27.7 Å². The first-order valence-corrected chi connectivity index (χ1v) is 10.1. The van der Waals surface area contributed by atoms with Crippen LogP contribution in [0.2, 0.25) is 0 Å². The fourth-order valence-corrected chi connectivity index (χ4v) is 4.23. The van der Waals surface area contributed by atoms with E-state index in [1.54, 1.807) is 0 Å². The number of nitrogens with zero attached hydrogens (tertiary/aromatic N) is 1. The van der Waals surface area contributed by atoms with Gasteiger partial charge in [-0.2, -0.15) is 0 Å². The fourth-order valence-electron chi connectivity index (χ4n) is 4.23. The van der Waals surface area contributed by atoms with Gasteiger partial charge in [-0.15, -0.1) is 0 Å². The van der Waals surface area contributed by atoms with Crippen molar-refractivity contribution < 1.29 is 11.7 Å². The third kappa shape index (κ3) is 2.91. The second-order valence-corrected chi connectivity index (χ2v) is 8.11. The molecule has 29 heavy (non-hydrogen) atoms. The van der Waals surface area contributed by atoms with Gasteiger partial charge in [0, 0.05) is 31.0 Å². The highest BCUT2D eigenvalue weighted by atomic mass is 16.3. The summed E-state index contributed by atoms with van der Waals surface area (Å²) in [7, 11) is 2.00. The molecule has 0 bridgehead atoms. The van der Waals surface area contributed by atoms with Gasteiger partial charge in [0.15, 0.2) is 6.20 Å². The molecular weight excluding hydrogens is 354 g/mol. The highest BCUT2D eigenvalue weighted by Crippen LogP contribution is 2.39. The summed E-state index contributed by atoms with van der Waals surface area (Å²) in [6.45, 7) is 5.93. The molecule has 0 saturated carbocycles. The Morgan fingerprint density at radius 3 is 2.52 bits per heavy atom. The summed E-state index contributed by atoms with van der Waals surface area (Å²) in [5.41, 5.74) is 5.51. The molecule has 0 atom stereocenters. The van der Waals surface area contributed by atoms with Crippen LogP contribution in [0.5, 0.6) is 0 Å². The number of hydrogen-bond donors (Lipinski definition) is 0. The molecule has 2 heteroatoms. The maximum atomic E-state index is 8.58. The van der Waals surface area contributed by atoms with Gasteiger partial charge in [0.2, 0.25) is 5.69 Å². The lowest BCUT2D eigenvalue weighted by atomic mass is 9.97. The zero-order chi connectivity index (χ0) is 21.9. The molecule has 2 aromatic heterocycles. The summed E-state index contributed by atoms with van der Waals surface area (Å²) >= 11 is 0. The Labute approximate surface area is 174 Å². The van der Waals surface area contributed by atoms with Crippen LogP contribution in [0.25, 0.3) is 44.0 Å². The van der Waals surface area contributed by atoms with Gasteiger partial charge in [0.05, 0.1) is 5.56 Å². The zero-order valence-electron chi connectivity index (χ0n) is 19.3. The molecule has 3 aromatic carbocycles. The molecule has 0 fully saturated rings. The van der Waals surface area contributed by atoms with Gasteiger partial charge in [-0.25, -0.2) is 4.57 Å². The number of furan rings is 1. The van der Waals surface area contributed by atoms with Crippen molar-refractivity contribution in [3.8, 4) is 11.3 Å². The molecule has 0 aliphatic heterocycles. The van der Waals surface area contributed by atoms with Gasteiger partial charge >= 0.3 is 0 Å². The Morgan fingerprint density at radius 1 is 0.931 bits per heavy atom. The summed E-state index contributed by atoms with van der Waals surface area (Å²) in [6, 6.07) is 20.7. The van der Waals surface area contributed by atoms with Crippen molar-refractivity contribution >= 4 is 32.7 Å². The first-order chi connectivity index (χ1) is 14.8. The summed E-state index contributed by atoms with van der Waals surface area (Å²) in [5, 5.41) is 4.45. The molecule has 0 aliphatic carbocycles. The average Bonchev–Trinajstić information content (AvgIpc) is 3.13. The van der Waals surface area contributed by atoms with Crippen molar-refractivity contribution in [2.45, 2.75) is 27.1 Å². The van der Waals surface area contributed by atoms with E-state index >= 15 is 0 Å². The second kappa shape index (κ2) is 6.73. The quantitative estimate of drug-likeness (QED) is 0.316. The topological polar surface area (TPSA) is 17.0 Å². The molecule has 0 spiro atoms. The average molecular weight is 383 g/mol. The minimum atomic E-state index is -1.41. The third-order valence-electron chi connectivity index (χ3n) is 5.60. The minimum Gasteiger partial charge on any atom is -0.454 e. The van der Waals surface area contributed by atoms with Crippen LogP contribution >= 0.6 is 0 Å². The summed E-state index contributed by atoms with van der Waals surface area (Å²) in [4.78, 5) is 0. The highest BCUT2D eigenvalue weighted by Gasteiger charge is 2.21. The van der Waals surface area contributed by atoms with Gasteiger partial charge < -0.3 is 4.42 Å². The number of hydrogen-bond acceptors (Lipinski definition) is 1. The number of aryl methyl sites for hydroxylation is 2. The number of rotatable bonds is 3. The van der Waals surface area contributed by atoms with E-state index < -0.39 is 6.37 Å². The molecule has 0 amide bonds. The zero-order valence-corrected chi connectivity index (χ0v) is 17.3. The molecule has 0 aliphatic rings. The van der Waals surface area contributed by atoms with E-state index in [9.17, 15) is 0 Å². The van der Waals surface area contributed by atoms with Gasteiger partial charge in [-0.3, -0.25) is 0 Å². The van der Waals surface area contributed by atoms with Crippen molar-refractivity contribution in [3.05, 3.63) is 78.0 Å². The Morgan fingerprint density at radius 2 is 1.69 bits per heavy atom. The second-order valence-electron chi connectivity index (χ2n) is 8.11. The van der Waals surface area contributed by atoms with E-state index in [2.05, 4.69) is 43.3 Å². The summed E-state index contributed by atoms with van der Waals surface area (Å²) < 4.78 is 25.8. The van der Waals surface area contributed by atoms with Crippen molar-refractivity contribution in [3.63, 3.8) is 0 Å². The molecule has 5 rings (SSSR count). The predicted octanol–water partition coefficient (Wildman–Crippen LogP) is 6.74. The molecule has 0 radical (unpaired) electrons.